The molecule has 0 aliphatic rings. The number of ether oxygens (including phenoxy) is 4. The van der Waals surface area contributed by atoms with Gasteiger partial charge in [0, 0.05) is 0 Å². The van der Waals surface area contributed by atoms with Crippen molar-refractivity contribution in [2.24, 2.45) is 5.90 Å². The van der Waals surface area contributed by atoms with Crippen molar-refractivity contribution < 1.29 is 38.2 Å². The highest BCUT2D eigenvalue weighted by molar-refractivity contribution is 9.11. The number of benzene rings is 1. The van der Waals surface area contributed by atoms with Crippen LogP contribution in [0.4, 0.5) is 4.79 Å². The second kappa shape index (κ2) is 9.94. The van der Waals surface area contributed by atoms with Crippen LogP contribution in [0.15, 0.2) is 21.1 Å². The number of methoxy groups -OCH3 is 1. The van der Waals surface area contributed by atoms with Gasteiger partial charge < -0.3 is 18.9 Å². The Hall–Kier alpha value is -2.20. The summed E-state index contributed by atoms with van der Waals surface area (Å²) in [7, 11) is 1.02. The number of rotatable bonds is 6. The van der Waals surface area contributed by atoms with E-state index in [9.17, 15) is 14.4 Å². The van der Waals surface area contributed by atoms with Crippen molar-refractivity contribution in [2.75, 3.05) is 13.9 Å². The molecular weight excluding hydrogens is 472 g/mol. The van der Waals surface area contributed by atoms with Crippen LogP contribution in [0.5, 0.6) is 5.75 Å². The lowest BCUT2D eigenvalue weighted by molar-refractivity contribution is -0.177. The predicted octanol–water partition coefficient (Wildman–Crippen LogP) is 1.53. The van der Waals surface area contributed by atoms with E-state index in [2.05, 4.69) is 50.9 Å². The van der Waals surface area contributed by atoms with E-state index in [4.69, 9.17) is 15.9 Å². The molecule has 0 radical (unpaired) electrons. The number of halogens is 2. The van der Waals surface area contributed by atoms with Crippen LogP contribution >= 0.6 is 31.9 Å². The summed E-state index contributed by atoms with van der Waals surface area (Å²) in [6, 6.07) is 4.76. The van der Waals surface area contributed by atoms with Crippen LogP contribution in [0.3, 0.4) is 0 Å². The SMILES string of the molecule is COC(=O)C(ON)C(=O)OCOC(=O)Oc1c(Br)cc(C#N)cc1Br. The molecule has 0 bridgehead atoms. The molecule has 0 aliphatic heterocycles. The zero-order chi connectivity index (χ0) is 19.0. The van der Waals surface area contributed by atoms with E-state index < -0.39 is 31.0 Å². The van der Waals surface area contributed by atoms with Gasteiger partial charge in [-0.1, -0.05) is 0 Å². The number of hydrogen-bond donors (Lipinski definition) is 1. The third-order valence-corrected chi connectivity index (χ3v) is 3.63. The first-order valence-corrected chi connectivity index (χ1v) is 7.76. The smallest absolute Gasteiger partial charge is 0.467 e. The van der Waals surface area contributed by atoms with Crippen molar-refractivity contribution in [1.29, 1.82) is 5.26 Å². The second-order valence-corrected chi connectivity index (χ2v) is 5.71. The Morgan fingerprint density at radius 1 is 1.20 bits per heavy atom. The number of nitrogens with two attached hydrogens (primary N) is 1. The largest absolute Gasteiger partial charge is 0.516 e. The molecule has 0 aliphatic carbocycles. The van der Waals surface area contributed by atoms with Gasteiger partial charge in [0.2, 0.25) is 6.79 Å². The molecule has 0 heterocycles. The molecule has 10 nitrogen and oxygen atoms in total. The molecule has 1 atom stereocenters. The van der Waals surface area contributed by atoms with Gasteiger partial charge in [-0.25, -0.2) is 20.3 Å². The summed E-state index contributed by atoms with van der Waals surface area (Å²) in [5.74, 6) is 2.52. The molecule has 1 aromatic rings. The van der Waals surface area contributed by atoms with Crippen molar-refractivity contribution in [1.82, 2.24) is 0 Å². The van der Waals surface area contributed by atoms with Crippen molar-refractivity contribution in [2.45, 2.75) is 6.10 Å². The molecule has 0 amide bonds. The number of nitrogens with zero attached hydrogens (tertiary/aromatic N) is 1. The van der Waals surface area contributed by atoms with Gasteiger partial charge in [-0.2, -0.15) is 5.26 Å². The Kier molecular flexibility index (Phi) is 8.29. The van der Waals surface area contributed by atoms with Gasteiger partial charge in [-0.05, 0) is 44.0 Å². The Bertz CT molecular complexity index is 695. The minimum atomic E-state index is -1.81. The van der Waals surface area contributed by atoms with E-state index >= 15 is 0 Å². The topological polar surface area (TPSA) is 147 Å². The first-order chi connectivity index (χ1) is 11.8. The average molecular weight is 482 g/mol. The van der Waals surface area contributed by atoms with E-state index in [1.54, 1.807) is 0 Å². The summed E-state index contributed by atoms with van der Waals surface area (Å²) >= 11 is 6.26. The fourth-order valence-electron chi connectivity index (χ4n) is 1.36. The molecule has 134 valence electrons. The van der Waals surface area contributed by atoms with Crippen molar-refractivity contribution >= 4 is 50.0 Å². The lowest BCUT2D eigenvalue weighted by atomic mass is 10.2. The van der Waals surface area contributed by atoms with Gasteiger partial charge in [-0.3, -0.25) is 4.84 Å². The first kappa shape index (κ1) is 20.8. The minimum Gasteiger partial charge on any atom is -0.467 e. The van der Waals surface area contributed by atoms with E-state index in [0.717, 1.165) is 7.11 Å². The van der Waals surface area contributed by atoms with Crippen LogP contribution < -0.4 is 10.6 Å². The summed E-state index contributed by atoms with van der Waals surface area (Å²) in [6.07, 6.45) is -3.02. The van der Waals surface area contributed by atoms with E-state index in [-0.39, 0.29) is 5.75 Å². The standard InChI is InChI=1S/C13H10Br2N2O8/c1-21-11(18)10(25-17)12(19)22-5-23-13(20)24-9-7(14)2-6(4-16)3-8(9)15/h2-3,10H,5,17H2,1H3. The third-order valence-electron chi connectivity index (χ3n) is 2.46. The maximum atomic E-state index is 11.6. The highest BCUT2D eigenvalue weighted by Crippen LogP contribution is 2.34. The predicted molar refractivity (Wildman–Crippen MR) is 85.7 cm³/mol. The first-order valence-electron chi connectivity index (χ1n) is 6.17. The van der Waals surface area contributed by atoms with E-state index in [1.165, 1.54) is 12.1 Å². The van der Waals surface area contributed by atoms with E-state index in [1.807, 2.05) is 6.07 Å². The Balaban J connectivity index is 2.58. The minimum absolute atomic E-state index is 0.0491. The molecule has 1 unspecified atom stereocenters. The molecule has 0 fully saturated rings. The molecular formula is C13H10Br2N2O8. The number of carbonyl (C=O) groups excluding carboxylic acids is 3. The normalized spacial score (nSPS) is 11.0. The highest BCUT2D eigenvalue weighted by Gasteiger charge is 2.30. The average Bonchev–Trinajstić information content (AvgIpc) is 2.58. The van der Waals surface area contributed by atoms with Crippen LogP contribution in [0, 0.1) is 11.3 Å². The Morgan fingerprint density at radius 3 is 2.28 bits per heavy atom. The molecule has 0 aromatic heterocycles. The maximum Gasteiger partial charge on any atom is 0.516 e. The third kappa shape index (κ3) is 5.98. The summed E-state index contributed by atoms with van der Waals surface area (Å²) in [6.45, 7) is -0.861. The number of esters is 2. The Labute approximate surface area is 157 Å². The molecule has 0 saturated heterocycles. The monoisotopic (exact) mass is 480 g/mol. The quantitative estimate of drug-likeness (QED) is 0.208. The summed E-state index contributed by atoms with van der Waals surface area (Å²) in [5, 5.41) is 8.82. The molecule has 0 spiro atoms. The highest BCUT2D eigenvalue weighted by atomic mass is 79.9. The molecule has 25 heavy (non-hydrogen) atoms. The van der Waals surface area contributed by atoms with Crippen LogP contribution in [-0.4, -0.2) is 38.1 Å². The van der Waals surface area contributed by atoms with Crippen molar-refractivity contribution in [3.05, 3.63) is 26.6 Å². The van der Waals surface area contributed by atoms with Crippen LogP contribution in [-0.2, 0) is 28.6 Å². The summed E-state index contributed by atoms with van der Waals surface area (Å²) in [4.78, 5) is 38.3. The second-order valence-electron chi connectivity index (χ2n) is 4.00. The Morgan fingerprint density at radius 2 is 1.80 bits per heavy atom. The molecule has 12 heteroatoms. The molecule has 0 saturated carbocycles. The molecule has 1 aromatic carbocycles. The van der Waals surface area contributed by atoms with Crippen LogP contribution in [0.1, 0.15) is 5.56 Å². The van der Waals surface area contributed by atoms with E-state index in [0.29, 0.717) is 14.5 Å². The lowest BCUT2D eigenvalue weighted by Gasteiger charge is -2.12. The van der Waals surface area contributed by atoms with Crippen molar-refractivity contribution in [3.8, 4) is 11.8 Å². The summed E-state index contributed by atoms with van der Waals surface area (Å²) in [5.41, 5.74) is 0.323. The number of nitriles is 1. The van der Waals surface area contributed by atoms with Gasteiger partial charge in [0.05, 0.1) is 27.7 Å². The number of carbonyl (C=O) groups is 3. The lowest BCUT2D eigenvalue weighted by Crippen LogP contribution is -2.38. The van der Waals surface area contributed by atoms with Gasteiger partial charge in [-0.15, -0.1) is 0 Å². The van der Waals surface area contributed by atoms with Gasteiger partial charge in [0.1, 0.15) is 0 Å². The molecule has 2 N–H and O–H groups in total. The van der Waals surface area contributed by atoms with Crippen molar-refractivity contribution in [3.63, 3.8) is 0 Å². The van der Waals surface area contributed by atoms with Gasteiger partial charge in [0.25, 0.3) is 6.10 Å². The fraction of sp³-hybridized carbons (Fsp3) is 0.231. The number of hydrogen-bond acceptors (Lipinski definition) is 10. The fourth-order valence-corrected chi connectivity index (χ4v) is 2.71. The summed E-state index contributed by atoms with van der Waals surface area (Å²) < 4.78 is 18.8. The zero-order valence-corrected chi connectivity index (χ0v) is 15.7. The zero-order valence-electron chi connectivity index (χ0n) is 12.5. The maximum absolute atomic E-state index is 11.6. The van der Waals surface area contributed by atoms with Crippen LogP contribution in [0.25, 0.3) is 0 Å². The van der Waals surface area contributed by atoms with Gasteiger partial charge in [0.15, 0.2) is 5.75 Å². The van der Waals surface area contributed by atoms with Gasteiger partial charge >= 0.3 is 18.1 Å². The van der Waals surface area contributed by atoms with Crippen LogP contribution in [0.2, 0.25) is 0 Å². The molecule has 1 rings (SSSR count).